The first kappa shape index (κ1) is 26.7. The molecule has 2 saturated heterocycles. The van der Waals surface area contributed by atoms with E-state index in [0.717, 1.165) is 11.3 Å². The zero-order chi connectivity index (χ0) is 28.0. The molecule has 210 valence electrons. The summed E-state index contributed by atoms with van der Waals surface area (Å²) in [7, 11) is 1.85. The number of nitrogens with one attached hydrogen (secondary N) is 2. The number of amides is 2. The quantitative estimate of drug-likeness (QED) is 0.233. The summed E-state index contributed by atoms with van der Waals surface area (Å²) in [6, 6.07) is 4.92. The SMILES string of the molecule is CN1CC[C@@H](Nc2cccc3c(SC(F)(F)F)c(-c4noc([C@@H]5CN(c6ncccn6)C(=O)N5)n4)sc23)[C@@H](F)C1. The van der Waals surface area contributed by atoms with Crippen LogP contribution in [0.3, 0.4) is 0 Å². The number of benzene rings is 1. The molecule has 0 bridgehead atoms. The maximum absolute atomic E-state index is 14.7. The largest absolute Gasteiger partial charge is 0.446 e. The molecule has 2 fully saturated rings. The van der Waals surface area contributed by atoms with E-state index >= 15 is 0 Å². The predicted molar refractivity (Wildman–Crippen MR) is 142 cm³/mol. The van der Waals surface area contributed by atoms with Gasteiger partial charge >= 0.3 is 11.5 Å². The van der Waals surface area contributed by atoms with Crippen LogP contribution in [-0.4, -0.2) is 75.4 Å². The average Bonchev–Trinajstić information content (AvgIpc) is 3.63. The van der Waals surface area contributed by atoms with Gasteiger partial charge in [0.2, 0.25) is 11.8 Å². The van der Waals surface area contributed by atoms with Crippen molar-refractivity contribution >= 4 is 50.9 Å². The number of nitrogens with zero attached hydrogens (tertiary/aromatic N) is 6. The molecule has 1 aromatic carbocycles. The predicted octanol–water partition coefficient (Wildman–Crippen LogP) is 5.08. The van der Waals surface area contributed by atoms with Crippen LogP contribution in [-0.2, 0) is 0 Å². The molecule has 0 radical (unpaired) electrons. The lowest BCUT2D eigenvalue weighted by Crippen LogP contribution is -2.46. The van der Waals surface area contributed by atoms with Crippen LogP contribution in [0.5, 0.6) is 0 Å². The molecule has 5 heterocycles. The first-order valence-electron chi connectivity index (χ1n) is 12.3. The summed E-state index contributed by atoms with van der Waals surface area (Å²) >= 11 is 0.809. The fourth-order valence-corrected chi connectivity index (χ4v) is 6.85. The number of hydrogen-bond acceptors (Lipinski definition) is 10. The molecule has 3 atom stereocenters. The number of carbonyl (C=O) groups is 1. The van der Waals surface area contributed by atoms with Gasteiger partial charge in [-0.2, -0.15) is 18.2 Å². The van der Waals surface area contributed by atoms with Crippen LogP contribution >= 0.6 is 23.1 Å². The summed E-state index contributed by atoms with van der Waals surface area (Å²) in [5.41, 5.74) is -4.04. The highest BCUT2D eigenvalue weighted by Gasteiger charge is 2.38. The molecule has 16 heteroatoms. The minimum Gasteiger partial charge on any atom is -0.378 e. The molecular weight excluding hydrogens is 572 g/mol. The fraction of sp³-hybridized carbons (Fsp3) is 0.375. The Morgan fingerprint density at radius 2 is 2.00 bits per heavy atom. The number of piperidine rings is 1. The monoisotopic (exact) mass is 594 g/mol. The highest BCUT2D eigenvalue weighted by molar-refractivity contribution is 8.00. The van der Waals surface area contributed by atoms with Gasteiger partial charge in [0.15, 0.2) is 0 Å². The number of anilines is 2. The number of rotatable bonds is 6. The van der Waals surface area contributed by atoms with Crippen molar-refractivity contribution in [3.8, 4) is 10.7 Å². The maximum atomic E-state index is 14.7. The molecular formula is C24H22F4N8O2S2. The first-order chi connectivity index (χ1) is 19.2. The van der Waals surface area contributed by atoms with Crippen molar-refractivity contribution in [3.63, 3.8) is 0 Å². The number of aromatic nitrogens is 4. The average molecular weight is 595 g/mol. The van der Waals surface area contributed by atoms with Crippen molar-refractivity contribution in [2.24, 2.45) is 0 Å². The Bertz CT molecular complexity index is 1530. The van der Waals surface area contributed by atoms with E-state index < -0.39 is 29.8 Å². The number of hydrogen-bond donors (Lipinski definition) is 2. The third kappa shape index (κ3) is 5.30. The van der Waals surface area contributed by atoms with E-state index in [1.165, 1.54) is 17.3 Å². The van der Waals surface area contributed by atoms with Crippen molar-refractivity contribution in [1.29, 1.82) is 0 Å². The molecule has 4 aromatic rings. The Morgan fingerprint density at radius 3 is 2.75 bits per heavy atom. The summed E-state index contributed by atoms with van der Waals surface area (Å²) in [5, 5.41) is 10.2. The third-order valence-electron chi connectivity index (χ3n) is 6.62. The Kier molecular flexibility index (Phi) is 7.00. The second kappa shape index (κ2) is 10.5. The number of alkyl halides is 4. The Balaban J connectivity index is 1.33. The van der Waals surface area contributed by atoms with Gasteiger partial charge in [-0.05, 0) is 37.4 Å². The molecule has 2 amide bonds. The second-order valence-electron chi connectivity index (χ2n) is 9.43. The molecule has 40 heavy (non-hydrogen) atoms. The Labute approximate surface area is 233 Å². The van der Waals surface area contributed by atoms with Crippen LogP contribution in [0.25, 0.3) is 20.8 Å². The van der Waals surface area contributed by atoms with E-state index in [9.17, 15) is 22.4 Å². The number of thioether (sulfide) groups is 1. The van der Waals surface area contributed by atoms with Crippen LogP contribution < -0.4 is 15.5 Å². The standard InChI is InChI=1S/C24H22F4N8O2S2/c1-35-9-6-14(13(25)10-35)31-15-5-2-4-12-17(15)39-19(18(12)40-24(26,27)28)20-33-21(38-34-20)16-11-36(23(37)32-16)22-29-7-3-8-30-22/h2-5,7-8,13-14,16,31H,6,9-11H2,1H3,(H,32,37)/t13-,14+,16-/m0/s1. The highest BCUT2D eigenvalue weighted by atomic mass is 32.2. The van der Waals surface area contributed by atoms with Crippen LogP contribution in [0, 0.1) is 0 Å². The van der Waals surface area contributed by atoms with Crippen LogP contribution in [0.4, 0.5) is 34.0 Å². The number of thiophene rings is 1. The summed E-state index contributed by atoms with van der Waals surface area (Å²) in [5.74, 6) is 0.183. The van der Waals surface area contributed by atoms with Gasteiger partial charge in [0, 0.05) is 35.8 Å². The normalized spacial score (nSPS) is 22.2. The molecule has 6 rings (SSSR count). The maximum Gasteiger partial charge on any atom is 0.446 e. The van der Waals surface area contributed by atoms with Gasteiger partial charge in [0.1, 0.15) is 12.2 Å². The Hall–Kier alpha value is -3.50. The van der Waals surface area contributed by atoms with E-state index in [1.807, 2.05) is 11.9 Å². The van der Waals surface area contributed by atoms with Crippen molar-refractivity contribution in [2.75, 3.05) is 36.9 Å². The molecule has 2 aliphatic heterocycles. The smallest absolute Gasteiger partial charge is 0.378 e. The molecule has 0 aliphatic carbocycles. The molecule has 0 unspecified atom stereocenters. The second-order valence-corrected chi connectivity index (χ2v) is 11.5. The first-order valence-corrected chi connectivity index (χ1v) is 13.9. The topological polar surface area (TPSA) is 112 Å². The van der Waals surface area contributed by atoms with Gasteiger partial charge in [-0.1, -0.05) is 17.3 Å². The molecule has 0 spiro atoms. The summed E-state index contributed by atoms with van der Waals surface area (Å²) in [4.78, 5) is 28.3. The molecule has 2 aliphatic rings. The minimum atomic E-state index is -4.58. The van der Waals surface area contributed by atoms with Crippen LogP contribution in [0.2, 0.25) is 0 Å². The lowest BCUT2D eigenvalue weighted by atomic mass is 10.0. The molecule has 10 nitrogen and oxygen atoms in total. The van der Waals surface area contributed by atoms with Crippen LogP contribution in [0.15, 0.2) is 46.1 Å². The summed E-state index contributed by atoms with van der Waals surface area (Å²) in [6.07, 6.45) is 2.43. The van der Waals surface area contributed by atoms with Gasteiger partial charge < -0.3 is 20.1 Å². The molecule has 0 saturated carbocycles. The highest BCUT2D eigenvalue weighted by Crippen LogP contribution is 2.50. The van der Waals surface area contributed by atoms with E-state index in [-0.39, 0.29) is 52.3 Å². The lowest BCUT2D eigenvalue weighted by Gasteiger charge is -2.33. The van der Waals surface area contributed by atoms with Crippen molar-refractivity contribution in [1.82, 2.24) is 30.3 Å². The van der Waals surface area contributed by atoms with Gasteiger partial charge in [-0.25, -0.2) is 19.2 Å². The fourth-order valence-electron chi connectivity index (χ4n) is 4.74. The number of carbonyl (C=O) groups excluding carboxylic acids is 1. The van der Waals surface area contributed by atoms with Gasteiger partial charge in [-0.3, -0.25) is 4.90 Å². The third-order valence-corrected chi connectivity index (χ3v) is 8.84. The van der Waals surface area contributed by atoms with E-state index in [1.54, 1.807) is 24.3 Å². The lowest BCUT2D eigenvalue weighted by molar-refractivity contribution is -0.0327. The summed E-state index contributed by atoms with van der Waals surface area (Å²) in [6.45, 7) is 1.07. The van der Waals surface area contributed by atoms with E-state index in [4.69, 9.17) is 4.52 Å². The van der Waals surface area contributed by atoms with Gasteiger partial charge in [0.25, 0.3) is 5.89 Å². The zero-order valence-electron chi connectivity index (χ0n) is 20.9. The van der Waals surface area contributed by atoms with Gasteiger partial charge in [-0.15, -0.1) is 11.3 Å². The van der Waals surface area contributed by atoms with Crippen molar-refractivity contribution < 1.29 is 26.9 Å². The number of halogens is 4. The molecule has 2 N–H and O–H groups in total. The van der Waals surface area contributed by atoms with E-state index in [2.05, 4.69) is 30.7 Å². The number of urea groups is 1. The minimum absolute atomic E-state index is 0.0344. The number of fused-ring (bicyclic) bond motifs is 1. The Morgan fingerprint density at radius 1 is 1.20 bits per heavy atom. The zero-order valence-corrected chi connectivity index (χ0v) is 22.5. The van der Waals surface area contributed by atoms with Gasteiger partial charge in [0.05, 0.1) is 27.9 Å². The molecule has 3 aromatic heterocycles. The van der Waals surface area contributed by atoms with E-state index in [0.29, 0.717) is 28.7 Å². The summed E-state index contributed by atoms with van der Waals surface area (Å²) < 4.78 is 61.7. The van der Waals surface area contributed by atoms with Crippen molar-refractivity contribution in [2.45, 2.75) is 35.1 Å². The number of likely N-dealkylation sites (tertiary alicyclic amines) is 1. The van der Waals surface area contributed by atoms with Crippen LogP contribution in [0.1, 0.15) is 18.4 Å². The van der Waals surface area contributed by atoms with Crippen molar-refractivity contribution in [3.05, 3.63) is 42.5 Å².